The lowest BCUT2D eigenvalue weighted by atomic mass is 10.7. The highest BCUT2D eigenvalue weighted by Gasteiger charge is 2.42. The molecule has 0 saturated heterocycles. The minimum atomic E-state index is -5.08. The predicted octanol–water partition coefficient (Wildman–Crippen LogP) is 2.69. The minimum absolute atomic E-state index is 2.40. The Hall–Kier alpha value is -0.640. The molecular formula is C5H4F8O2. The third-order valence-electron chi connectivity index (χ3n) is 0.808. The molecule has 0 unspecified atom stereocenters. The van der Waals surface area contributed by atoms with Crippen LogP contribution in [0.4, 0.5) is 35.1 Å². The van der Waals surface area contributed by atoms with Gasteiger partial charge in [0.2, 0.25) is 0 Å². The highest BCUT2D eigenvalue weighted by atomic mass is 19.4. The Balaban J connectivity index is 3.98. The standard InChI is InChI=1S/C5H4F8O2/c6-3(7,8)1-14-5(12,13)15-2-4(9,10)11/h1-2H2. The van der Waals surface area contributed by atoms with Gasteiger partial charge in [-0.1, -0.05) is 0 Å². The second-order valence-corrected chi connectivity index (χ2v) is 2.27. The van der Waals surface area contributed by atoms with Crippen LogP contribution in [0.25, 0.3) is 0 Å². The molecule has 0 aromatic rings. The van der Waals surface area contributed by atoms with E-state index in [1.165, 1.54) is 0 Å². The smallest absolute Gasteiger partial charge is 0.286 e. The average molecular weight is 248 g/mol. The van der Waals surface area contributed by atoms with E-state index in [1.54, 1.807) is 0 Å². The first-order valence-corrected chi connectivity index (χ1v) is 3.20. The summed E-state index contributed by atoms with van der Waals surface area (Å²) < 4.78 is 97.6. The van der Waals surface area contributed by atoms with Gasteiger partial charge in [0.25, 0.3) is 0 Å². The molecule has 0 atom stereocenters. The maximum Gasteiger partial charge on any atom is 0.486 e. The van der Waals surface area contributed by atoms with Crippen molar-refractivity contribution in [3.05, 3.63) is 0 Å². The van der Waals surface area contributed by atoms with E-state index in [9.17, 15) is 35.1 Å². The predicted molar refractivity (Wildman–Crippen MR) is 29.0 cm³/mol. The quantitative estimate of drug-likeness (QED) is 0.562. The molecule has 0 saturated carbocycles. The Morgan fingerprint density at radius 1 is 0.600 bits per heavy atom. The van der Waals surface area contributed by atoms with Gasteiger partial charge < -0.3 is 0 Å². The largest absolute Gasteiger partial charge is 0.486 e. The van der Waals surface area contributed by atoms with Crippen molar-refractivity contribution in [1.82, 2.24) is 0 Å². The van der Waals surface area contributed by atoms with Crippen molar-refractivity contribution < 1.29 is 44.6 Å². The molecule has 0 amide bonds. The Kier molecular flexibility index (Phi) is 4.28. The van der Waals surface area contributed by atoms with E-state index < -0.39 is 31.9 Å². The van der Waals surface area contributed by atoms with Crippen molar-refractivity contribution in [2.75, 3.05) is 13.2 Å². The van der Waals surface area contributed by atoms with Crippen molar-refractivity contribution in [3.63, 3.8) is 0 Å². The third kappa shape index (κ3) is 9.66. The lowest BCUT2D eigenvalue weighted by Crippen LogP contribution is -2.34. The normalized spacial score (nSPS) is 14.4. The number of ether oxygens (including phenoxy) is 2. The minimum Gasteiger partial charge on any atom is -0.286 e. The molecule has 0 aliphatic heterocycles. The summed E-state index contributed by atoms with van der Waals surface area (Å²) in [4.78, 5) is 0. The molecule has 0 fully saturated rings. The molecule has 92 valence electrons. The van der Waals surface area contributed by atoms with Gasteiger partial charge in [0.1, 0.15) is 0 Å². The van der Waals surface area contributed by atoms with E-state index in [-0.39, 0.29) is 0 Å². The summed E-state index contributed by atoms with van der Waals surface area (Å²) in [7, 11) is 0. The first-order chi connectivity index (χ1) is 6.41. The Morgan fingerprint density at radius 3 is 1.07 bits per heavy atom. The van der Waals surface area contributed by atoms with Crippen LogP contribution in [0.5, 0.6) is 0 Å². The van der Waals surface area contributed by atoms with Gasteiger partial charge in [-0.15, -0.1) is 8.78 Å². The molecule has 10 heteroatoms. The van der Waals surface area contributed by atoms with Gasteiger partial charge >= 0.3 is 18.6 Å². The van der Waals surface area contributed by atoms with E-state index in [2.05, 4.69) is 9.47 Å². The monoisotopic (exact) mass is 248 g/mol. The molecule has 0 radical (unpaired) electrons. The lowest BCUT2D eigenvalue weighted by Gasteiger charge is -2.18. The van der Waals surface area contributed by atoms with Crippen LogP contribution in [-0.2, 0) is 9.47 Å². The zero-order valence-corrected chi connectivity index (χ0v) is 6.75. The van der Waals surface area contributed by atoms with Gasteiger partial charge in [0, 0.05) is 0 Å². The van der Waals surface area contributed by atoms with Crippen molar-refractivity contribution in [1.29, 1.82) is 0 Å². The van der Waals surface area contributed by atoms with Gasteiger partial charge in [-0.05, 0) is 0 Å². The summed E-state index contributed by atoms with van der Waals surface area (Å²) >= 11 is 0. The molecule has 0 N–H and O–H groups in total. The van der Waals surface area contributed by atoms with Gasteiger partial charge in [-0.3, -0.25) is 9.47 Å². The third-order valence-corrected chi connectivity index (χ3v) is 0.808. The molecule has 0 aliphatic rings. The van der Waals surface area contributed by atoms with E-state index in [0.717, 1.165) is 0 Å². The van der Waals surface area contributed by atoms with Crippen molar-refractivity contribution in [2.45, 2.75) is 18.6 Å². The van der Waals surface area contributed by atoms with E-state index in [1.807, 2.05) is 0 Å². The highest BCUT2D eigenvalue weighted by molar-refractivity contribution is 4.50. The molecule has 15 heavy (non-hydrogen) atoms. The molecule has 0 rings (SSSR count). The number of hydrogen-bond donors (Lipinski definition) is 0. The average Bonchev–Trinajstić information content (AvgIpc) is 1.96. The summed E-state index contributed by atoms with van der Waals surface area (Å²) in [5, 5.41) is 0. The summed E-state index contributed by atoms with van der Waals surface area (Å²) in [6, 6.07) is 0. The maximum absolute atomic E-state index is 12.0. The molecule has 2 nitrogen and oxygen atoms in total. The van der Waals surface area contributed by atoms with Crippen LogP contribution in [0.15, 0.2) is 0 Å². The second kappa shape index (κ2) is 4.47. The first-order valence-electron chi connectivity index (χ1n) is 3.20. The maximum atomic E-state index is 12.0. The van der Waals surface area contributed by atoms with Crippen LogP contribution in [0.2, 0.25) is 0 Å². The molecule has 0 aromatic carbocycles. The molecular weight excluding hydrogens is 244 g/mol. The highest BCUT2D eigenvalue weighted by Crippen LogP contribution is 2.25. The second-order valence-electron chi connectivity index (χ2n) is 2.27. The molecule has 0 spiro atoms. The molecule has 0 aromatic heterocycles. The lowest BCUT2D eigenvalue weighted by molar-refractivity contribution is -0.423. The summed E-state index contributed by atoms with van der Waals surface area (Å²) in [6.07, 6.45) is -15.1. The van der Waals surface area contributed by atoms with Gasteiger partial charge in [-0.2, -0.15) is 26.3 Å². The fourth-order valence-corrected chi connectivity index (χ4v) is 0.373. The Bertz CT molecular complexity index is 174. The van der Waals surface area contributed by atoms with Crippen LogP contribution < -0.4 is 0 Å². The Labute approximate surface area is 77.8 Å². The zero-order chi connectivity index (χ0) is 12.3. The summed E-state index contributed by atoms with van der Waals surface area (Å²) in [6.45, 7) is -4.81. The van der Waals surface area contributed by atoms with E-state index in [4.69, 9.17) is 0 Å². The number of halogens is 8. The van der Waals surface area contributed by atoms with E-state index >= 15 is 0 Å². The van der Waals surface area contributed by atoms with Crippen molar-refractivity contribution >= 4 is 0 Å². The number of rotatable bonds is 4. The van der Waals surface area contributed by atoms with Crippen LogP contribution >= 0.6 is 0 Å². The summed E-state index contributed by atoms with van der Waals surface area (Å²) in [5.41, 5.74) is 0. The van der Waals surface area contributed by atoms with Crippen molar-refractivity contribution in [3.8, 4) is 0 Å². The topological polar surface area (TPSA) is 18.5 Å². The van der Waals surface area contributed by atoms with Crippen LogP contribution in [0.1, 0.15) is 0 Å². The number of alkyl halides is 8. The molecule has 0 bridgehead atoms. The van der Waals surface area contributed by atoms with Crippen LogP contribution in [0, 0.1) is 0 Å². The first kappa shape index (κ1) is 14.4. The molecule has 0 aliphatic carbocycles. The zero-order valence-electron chi connectivity index (χ0n) is 6.75. The number of hydrogen-bond acceptors (Lipinski definition) is 2. The van der Waals surface area contributed by atoms with Gasteiger partial charge in [-0.25, -0.2) is 0 Å². The summed E-state index contributed by atoms with van der Waals surface area (Å²) in [5.74, 6) is 0. The SMILES string of the molecule is FC(F)(F)COC(F)(F)OCC(F)(F)F. The van der Waals surface area contributed by atoms with Crippen molar-refractivity contribution in [2.24, 2.45) is 0 Å². The fourth-order valence-electron chi connectivity index (χ4n) is 0.373. The van der Waals surface area contributed by atoms with Gasteiger partial charge in [0.05, 0.1) is 0 Å². The van der Waals surface area contributed by atoms with E-state index in [0.29, 0.717) is 0 Å². The molecule has 0 heterocycles. The fraction of sp³-hybridized carbons (Fsp3) is 1.00. The van der Waals surface area contributed by atoms with Crippen LogP contribution in [-0.4, -0.2) is 31.9 Å². The van der Waals surface area contributed by atoms with Gasteiger partial charge in [0.15, 0.2) is 13.2 Å². The Morgan fingerprint density at radius 2 is 0.867 bits per heavy atom. The van der Waals surface area contributed by atoms with Crippen LogP contribution in [0.3, 0.4) is 0 Å².